The smallest absolute Gasteiger partial charge is 0.219 e. The number of benzene rings is 2. The first-order valence-electron chi connectivity index (χ1n) is 13.6. The lowest BCUT2D eigenvalue weighted by Crippen LogP contribution is -2.68. The number of carboxylic acids is 1. The third kappa shape index (κ3) is 5.41. The number of fused-ring (bicyclic) bond motifs is 1. The summed E-state index contributed by atoms with van der Waals surface area (Å²) < 4.78 is 1.18. The minimum absolute atomic E-state index is 0.0649. The zero-order chi connectivity index (χ0) is 28.9. The van der Waals surface area contributed by atoms with Crippen LogP contribution < -0.4 is 5.11 Å². The number of likely N-dealkylation sites (N-methyl/N-ethyl adjacent to an activating group) is 1. The Labute approximate surface area is 230 Å². The Bertz CT molecular complexity index is 1380. The maximum atomic E-state index is 13.3. The van der Waals surface area contributed by atoms with Gasteiger partial charge >= 0.3 is 0 Å². The fraction of sp³-hybridized carbons (Fsp3) is 0.567. The minimum atomic E-state index is -1.14. The number of carbonyl (C=O) groups excluding carboxylic acids is 1. The molecule has 1 saturated heterocycles. The molecule has 39 heavy (non-hydrogen) atoms. The molecule has 1 unspecified atom stereocenters. The van der Waals surface area contributed by atoms with Crippen molar-refractivity contribution in [3.63, 3.8) is 0 Å². The van der Waals surface area contributed by atoms with Crippen molar-refractivity contribution in [3.8, 4) is 11.4 Å². The Morgan fingerprint density at radius 1 is 1.13 bits per heavy atom. The number of phenols is 1. The van der Waals surface area contributed by atoms with Gasteiger partial charge in [0.15, 0.2) is 0 Å². The summed E-state index contributed by atoms with van der Waals surface area (Å²) >= 11 is 0. The molecule has 2 heterocycles. The summed E-state index contributed by atoms with van der Waals surface area (Å²) in [5, 5.41) is 32.5. The molecule has 0 bridgehead atoms. The van der Waals surface area contributed by atoms with Crippen LogP contribution in [0.1, 0.15) is 78.0 Å². The molecule has 1 N–H and O–H groups in total. The number of rotatable bonds is 7. The zero-order valence-corrected chi connectivity index (χ0v) is 24.4. The van der Waals surface area contributed by atoms with Gasteiger partial charge in [0, 0.05) is 27.6 Å². The van der Waals surface area contributed by atoms with Crippen molar-refractivity contribution in [2.75, 3.05) is 13.6 Å². The summed E-state index contributed by atoms with van der Waals surface area (Å²) in [6, 6.07) is 9.06. The Hall–Kier alpha value is -3.33. The van der Waals surface area contributed by atoms with Crippen molar-refractivity contribution in [3.05, 3.63) is 51.9 Å². The van der Waals surface area contributed by atoms with Gasteiger partial charge in [-0.25, -0.2) is 0 Å². The number of piperazine rings is 1. The van der Waals surface area contributed by atoms with E-state index in [1.54, 1.807) is 0 Å². The number of carbonyl (C=O) groups is 1. The van der Waals surface area contributed by atoms with Crippen molar-refractivity contribution < 1.29 is 19.8 Å². The lowest BCUT2D eigenvalue weighted by Gasteiger charge is -2.49. The van der Waals surface area contributed by atoms with Crippen molar-refractivity contribution in [2.24, 2.45) is 0 Å². The van der Waals surface area contributed by atoms with Crippen molar-refractivity contribution in [1.82, 2.24) is 19.9 Å². The summed E-state index contributed by atoms with van der Waals surface area (Å²) in [5.41, 5.74) is 2.90. The number of aromatic hydroxyl groups is 1. The fourth-order valence-corrected chi connectivity index (χ4v) is 5.97. The normalized spacial score (nSPS) is 19.5. The molecule has 1 aliphatic rings. The molecular weight excluding hydrogens is 494 g/mol. The molecule has 9 nitrogen and oxygen atoms in total. The van der Waals surface area contributed by atoms with E-state index in [9.17, 15) is 19.9 Å². The molecule has 0 spiro atoms. The number of carboxylic acid groups (broad SMARTS) is 1. The number of aromatic nitrogens is 3. The van der Waals surface area contributed by atoms with E-state index in [1.165, 1.54) is 9.56 Å². The second-order valence-electron chi connectivity index (χ2n) is 13.0. The predicted molar refractivity (Wildman–Crippen MR) is 149 cm³/mol. The molecule has 1 aliphatic heterocycles. The van der Waals surface area contributed by atoms with Gasteiger partial charge in [-0.2, -0.15) is 0 Å². The SMILES string of the molecule is CN1C(C)(C)C[N+](=O)C(CCc2c(CCC(=O)[O-])cc(C(C)(C)C)c(O)c2-n2nc3ccccc3n2)C1(C)C. The maximum Gasteiger partial charge on any atom is 0.219 e. The van der Waals surface area contributed by atoms with Crippen LogP contribution in [0.5, 0.6) is 5.75 Å². The van der Waals surface area contributed by atoms with Crippen molar-refractivity contribution in [2.45, 2.75) is 96.7 Å². The van der Waals surface area contributed by atoms with Gasteiger partial charge in [0.1, 0.15) is 22.5 Å². The molecule has 1 atom stereocenters. The summed E-state index contributed by atoms with van der Waals surface area (Å²) in [5.74, 6) is -1.08. The van der Waals surface area contributed by atoms with E-state index in [-0.39, 0.29) is 30.2 Å². The second kappa shape index (κ2) is 10.0. The van der Waals surface area contributed by atoms with Crippen LogP contribution in [0.25, 0.3) is 16.7 Å². The van der Waals surface area contributed by atoms with Gasteiger partial charge in [0.05, 0.1) is 11.1 Å². The monoisotopic (exact) mass is 535 g/mol. The lowest BCUT2D eigenvalue weighted by molar-refractivity contribution is -0.627. The van der Waals surface area contributed by atoms with E-state index in [4.69, 9.17) is 0 Å². The van der Waals surface area contributed by atoms with Crippen molar-refractivity contribution in [1.29, 1.82) is 0 Å². The van der Waals surface area contributed by atoms with Gasteiger partial charge in [-0.05, 0) is 82.7 Å². The topological polar surface area (TPSA) is 114 Å². The van der Waals surface area contributed by atoms with Crippen LogP contribution in [0.15, 0.2) is 30.3 Å². The zero-order valence-electron chi connectivity index (χ0n) is 24.4. The Balaban J connectivity index is 1.88. The van der Waals surface area contributed by atoms with Crippen LogP contribution in [0, 0.1) is 4.91 Å². The van der Waals surface area contributed by atoms with Crippen molar-refractivity contribution >= 4 is 17.0 Å². The fourth-order valence-electron chi connectivity index (χ4n) is 5.97. The second-order valence-corrected chi connectivity index (χ2v) is 13.0. The van der Waals surface area contributed by atoms with Gasteiger partial charge in [-0.3, -0.25) is 4.90 Å². The summed E-state index contributed by atoms with van der Waals surface area (Å²) in [6.45, 7) is 14.7. The largest absolute Gasteiger partial charge is 0.550 e. The highest BCUT2D eigenvalue weighted by molar-refractivity contribution is 5.74. The van der Waals surface area contributed by atoms with E-state index < -0.39 is 16.9 Å². The molecule has 1 fully saturated rings. The number of nitrogens with zero attached hydrogens (tertiary/aromatic N) is 5. The number of aryl methyl sites for hydroxylation is 1. The molecular formula is C30H41N5O4. The van der Waals surface area contributed by atoms with Crippen LogP contribution in [-0.2, 0) is 23.1 Å². The summed E-state index contributed by atoms with van der Waals surface area (Å²) in [7, 11) is 2.06. The Morgan fingerprint density at radius 2 is 1.72 bits per heavy atom. The van der Waals surface area contributed by atoms with Crippen LogP contribution in [0.2, 0.25) is 0 Å². The third-order valence-electron chi connectivity index (χ3n) is 8.51. The van der Waals surface area contributed by atoms with Crippen LogP contribution in [-0.4, -0.2) is 66.4 Å². The minimum Gasteiger partial charge on any atom is -0.550 e. The first kappa shape index (κ1) is 28.7. The Kier molecular flexibility index (Phi) is 7.36. The lowest BCUT2D eigenvalue weighted by atomic mass is 9.79. The highest BCUT2D eigenvalue weighted by atomic mass is 16.4. The number of hydrogen-bond donors (Lipinski definition) is 1. The van der Waals surface area contributed by atoms with Gasteiger partial charge in [0.2, 0.25) is 12.6 Å². The summed E-state index contributed by atoms with van der Waals surface area (Å²) in [6.07, 6.45) is 1.03. The molecule has 1 aromatic heterocycles. The standard InChI is InChI=1S/C30H41N5O4/c1-28(2,3)21-17-19(13-16-25(36)37)20(14-15-24-30(6,7)33(8)29(4,5)18-34(24)39)26(27(21)38)35-31-22-11-9-10-12-23(22)32-35/h9-12,17,24H,13-16,18H2,1-8H3,(H-,36,37,38). The number of hydrogen-bond acceptors (Lipinski definition) is 7. The first-order valence-corrected chi connectivity index (χ1v) is 13.6. The van der Waals surface area contributed by atoms with E-state index in [2.05, 4.69) is 49.8 Å². The molecule has 0 amide bonds. The van der Waals surface area contributed by atoms with Crippen LogP contribution >= 0.6 is 0 Å². The maximum absolute atomic E-state index is 13.3. The number of aliphatic carboxylic acids is 1. The molecule has 9 heteroatoms. The van der Waals surface area contributed by atoms with E-state index in [0.29, 0.717) is 41.7 Å². The van der Waals surface area contributed by atoms with Gasteiger partial charge in [0.25, 0.3) is 0 Å². The van der Waals surface area contributed by atoms with E-state index in [1.807, 2.05) is 51.1 Å². The molecule has 2 aromatic carbocycles. The van der Waals surface area contributed by atoms with Gasteiger partial charge in [-0.1, -0.05) is 39.0 Å². The molecule has 4 rings (SSSR count). The van der Waals surface area contributed by atoms with E-state index >= 15 is 0 Å². The third-order valence-corrected chi connectivity index (χ3v) is 8.51. The number of phenolic OH excluding ortho intramolecular Hbond substituents is 1. The average Bonchev–Trinajstić information content (AvgIpc) is 3.24. The Morgan fingerprint density at radius 3 is 2.26 bits per heavy atom. The summed E-state index contributed by atoms with van der Waals surface area (Å²) in [4.78, 5) is 28.6. The van der Waals surface area contributed by atoms with Gasteiger partial charge in [-0.15, -0.1) is 15.0 Å². The van der Waals surface area contributed by atoms with E-state index in [0.717, 1.165) is 11.1 Å². The molecule has 210 valence electrons. The van der Waals surface area contributed by atoms with Crippen LogP contribution in [0.4, 0.5) is 0 Å². The average molecular weight is 536 g/mol. The predicted octanol–water partition coefficient (Wildman–Crippen LogP) is 3.69. The van der Waals surface area contributed by atoms with Gasteiger partial charge < -0.3 is 15.0 Å². The molecule has 3 aromatic rings. The van der Waals surface area contributed by atoms with Crippen LogP contribution in [0.3, 0.4) is 0 Å². The highest BCUT2D eigenvalue weighted by Crippen LogP contribution is 2.41. The molecule has 0 aliphatic carbocycles. The quantitative estimate of drug-likeness (QED) is 0.459. The number of nitroso groups, excluding NO2 is 1. The first-order chi connectivity index (χ1) is 18.0. The molecule has 0 saturated carbocycles. The molecule has 0 radical (unpaired) electrons. The highest BCUT2D eigenvalue weighted by Gasteiger charge is 2.55.